The Labute approximate surface area is 151 Å². The molecule has 0 aliphatic carbocycles. The van der Waals surface area contributed by atoms with E-state index >= 15 is 0 Å². The van der Waals surface area contributed by atoms with Gasteiger partial charge < -0.3 is 5.11 Å². The molecule has 0 radical (unpaired) electrons. The van der Waals surface area contributed by atoms with Crippen molar-refractivity contribution in [1.82, 2.24) is 0 Å². The monoisotopic (exact) mass is 360 g/mol. The van der Waals surface area contributed by atoms with E-state index in [0.717, 1.165) is 24.8 Å². The normalized spacial score (nSPS) is 15.8. The first-order valence-corrected chi connectivity index (χ1v) is 9.54. The van der Waals surface area contributed by atoms with E-state index in [0.29, 0.717) is 32.1 Å². The van der Waals surface area contributed by atoms with Crippen LogP contribution in [0.2, 0.25) is 0 Å². The molecule has 1 N–H and O–H groups in total. The fourth-order valence-corrected chi connectivity index (χ4v) is 3.15. The molecular formula is C21H35F3O. The summed E-state index contributed by atoms with van der Waals surface area (Å²) in [5, 5.41) is 10.9. The summed E-state index contributed by atoms with van der Waals surface area (Å²) in [6.45, 7) is 11.5. The van der Waals surface area contributed by atoms with Crippen molar-refractivity contribution < 1.29 is 18.3 Å². The third-order valence-corrected chi connectivity index (χ3v) is 4.46. The van der Waals surface area contributed by atoms with E-state index in [4.69, 9.17) is 0 Å². The Morgan fingerprint density at radius 2 is 1.52 bits per heavy atom. The molecule has 0 bridgehead atoms. The van der Waals surface area contributed by atoms with Gasteiger partial charge in [-0.1, -0.05) is 83.8 Å². The predicted molar refractivity (Wildman–Crippen MR) is 100 cm³/mol. The Hall–Kier alpha value is -1.03. The van der Waals surface area contributed by atoms with Gasteiger partial charge in [-0.05, 0) is 31.3 Å². The van der Waals surface area contributed by atoms with Crippen molar-refractivity contribution >= 4 is 0 Å². The number of halogens is 3. The summed E-state index contributed by atoms with van der Waals surface area (Å²) in [6, 6.07) is 0. The Balaban J connectivity index is 6.04. The third-order valence-electron chi connectivity index (χ3n) is 4.46. The highest BCUT2D eigenvalue weighted by atomic mass is 19.4. The lowest BCUT2D eigenvalue weighted by Gasteiger charge is -2.39. The van der Waals surface area contributed by atoms with Crippen LogP contribution < -0.4 is 0 Å². The van der Waals surface area contributed by atoms with Crippen LogP contribution in [0.15, 0.2) is 36.0 Å². The molecule has 4 heteroatoms. The molecule has 1 atom stereocenters. The summed E-state index contributed by atoms with van der Waals surface area (Å²) >= 11 is 0. The molecule has 0 saturated carbocycles. The van der Waals surface area contributed by atoms with Gasteiger partial charge >= 0.3 is 6.18 Å². The quantitative estimate of drug-likeness (QED) is 0.367. The van der Waals surface area contributed by atoms with Crippen LogP contribution in [0.4, 0.5) is 13.2 Å². The van der Waals surface area contributed by atoms with Crippen LogP contribution in [0, 0.1) is 5.92 Å². The second-order valence-electron chi connectivity index (χ2n) is 6.73. The number of rotatable bonds is 12. The summed E-state index contributed by atoms with van der Waals surface area (Å²) in [4.78, 5) is 0. The molecule has 0 rings (SSSR count). The average Bonchev–Trinajstić information content (AvgIpc) is 2.53. The highest BCUT2D eigenvalue weighted by molar-refractivity contribution is 5.35. The van der Waals surface area contributed by atoms with Crippen molar-refractivity contribution in [2.75, 3.05) is 0 Å². The van der Waals surface area contributed by atoms with E-state index in [2.05, 4.69) is 6.58 Å². The van der Waals surface area contributed by atoms with Crippen molar-refractivity contribution in [3.63, 3.8) is 0 Å². The molecule has 0 spiro atoms. The van der Waals surface area contributed by atoms with Crippen LogP contribution in [-0.4, -0.2) is 16.9 Å². The number of hydrogen-bond acceptors (Lipinski definition) is 1. The summed E-state index contributed by atoms with van der Waals surface area (Å²) < 4.78 is 42.0. The first-order chi connectivity index (χ1) is 11.7. The zero-order chi connectivity index (χ0) is 19.5. The smallest absolute Gasteiger partial charge is 0.376 e. The molecule has 0 heterocycles. The Morgan fingerprint density at radius 1 is 0.960 bits per heavy atom. The maximum absolute atomic E-state index is 14.0. The van der Waals surface area contributed by atoms with E-state index in [9.17, 15) is 18.3 Å². The minimum absolute atomic E-state index is 0.0361. The molecule has 146 valence electrons. The average molecular weight is 361 g/mol. The lowest BCUT2D eigenvalue weighted by Crippen LogP contribution is -2.52. The maximum Gasteiger partial charge on any atom is 0.421 e. The first-order valence-electron chi connectivity index (χ1n) is 9.54. The van der Waals surface area contributed by atoms with Crippen molar-refractivity contribution in [2.45, 2.75) is 90.8 Å². The molecule has 0 fully saturated rings. The largest absolute Gasteiger partial charge is 0.421 e. The highest BCUT2D eigenvalue weighted by Gasteiger charge is 2.59. The molecular weight excluding hydrogens is 325 g/mol. The van der Waals surface area contributed by atoms with Gasteiger partial charge in [0.1, 0.15) is 0 Å². The molecule has 25 heavy (non-hydrogen) atoms. The van der Waals surface area contributed by atoms with Gasteiger partial charge in [0.05, 0.1) is 0 Å². The zero-order valence-electron chi connectivity index (χ0n) is 16.3. The molecule has 0 aromatic carbocycles. The molecule has 0 saturated heterocycles. The lowest BCUT2D eigenvalue weighted by molar-refractivity contribution is -0.263. The first kappa shape index (κ1) is 24.0. The summed E-state index contributed by atoms with van der Waals surface area (Å²) in [6.07, 6.45) is 4.64. The van der Waals surface area contributed by atoms with Crippen LogP contribution >= 0.6 is 0 Å². The second-order valence-corrected chi connectivity index (χ2v) is 6.73. The minimum Gasteiger partial charge on any atom is -0.376 e. The van der Waals surface area contributed by atoms with E-state index < -0.39 is 17.7 Å². The fraction of sp³-hybridized carbons (Fsp3) is 0.714. The molecule has 0 aromatic heterocycles. The Bertz CT molecular complexity index is 443. The van der Waals surface area contributed by atoms with Gasteiger partial charge in [-0.25, -0.2) is 0 Å². The highest BCUT2D eigenvalue weighted by Crippen LogP contribution is 2.46. The fourth-order valence-electron chi connectivity index (χ4n) is 3.15. The van der Waals surface area contributed by atoms with Gasteiger partial charge in [0.2, 0.25) is 0 Å². The Kier molecular flexibility index (Phi) is 11.1. The van der Waals surface area contributed by atoms with E-state index in [1.807, 2.05) is 27.7 Å². The van der Waals surface area contributed by atoms with E-state index in [-0.39, 0.29) is 5.57 Å². The molecule has 0 amide bonds. The topological polar surface area (TPSA) is 20.2 Å². The van der Waals surface area contributed by atoms with Crippen LogP contribution in [0.1, 0.15) is 79.1 Å². The van der Waals surface area contributed by atoms with E-state index in [1.54, 1.807) is 12.2 Å². The molecule has 0 aliphatic heterocycles. The maximum atomic E-state index is 14.0. The van der Waals surface area contributed by atoms with Crippen molar-refractivity contribution in [2.24, 2.45) is 5.92 Å². The molecule has 1 nitrogen and oxygen atoms in total. The van der Waals surface area contributed by atoms with Crippen LogP contribution in [0.25, 0.3) is 0 Å². The second kappa shape index (κ2) is 11.6. The van der Waals surface area contributed by atoms with Crippen molar-refractivity contribution in [3.05, 3.63) is 36.0 Å². The number of allylic oxidation sites excluding steroid dienone is 3. The van der Waals surface area contributed by atoms with Gasteiger partial charge in [-0.3, -0.25) is 0 Å². The molecule has 1 unspecified atom stereocenters. The number of hydrogen-bond donors (Lipinski definition) is 1. The lowest BCUT2D eigenvalue weighted by atomic mass is 9.75. The minimum atomic E-state index is -4.71. The predicted octanol–water partition coefficient (Wildman–Crippen LogP) is 7.14. The van der Waals surface area contributed by atoms with Crippen LogP contribution in [-0.2, 0) is 0 Å². The number of alkyl halides is 3. The number of unbranched alkanes of at least 4 members (excludes halogenated alkanes) is 1. The van der Waals surface area contributed by atoms with Crippen molar-refractivity contribution in [3.8, 4) is 0 Å². The standard InChI is InChI=1S/C21H35F3O/c1-6-10-14-19(16-15-17(5)11-7-2)20(25,21(22,23)24)18(12-8-3)13-9-4/h14-16,18,25H,5-13H2,1-4H3/b16-15-,19-14+. The number of aliphatic hydroxyl groups is 1. The zero-order valence-corrected chi connectivity index (χ0v) is 16.3. The van der Waals surface area contributed by atoms with Gasteiger partial charge in [0, 0.05) is 5.92 Å². The third kappa shape index (κ3) is 7.01. The summed E-state index contributed by atoms with van der Waals surface area (Å²) in [5.74, 6) is -0.838. The summed E-state index contributed by atoms with van der Waals surface area (Å²) in [5.41, 5.74) is -2.07. The molecule has 0 aliphatic rings. The summed E-state index contributed by atoms with van der Waals surface area (Å²) in [7, 11) is 0. The van der Waals surface area contributed by atoms with Crippen LogP contribution in [0.5, 0.6) is 0 Å². The van der Waals surface area contributed by atoms with Crippen molar-refractivity contribution in [1.29, 1.82) is 0 Å². The Morgan fingerprint density at radius 3 is 1.92 bits per heavy atom. The van der Waals surface area contributed by atoms with Gasteiger partial charge in [0.25, 0.3) is 0 Å². The SMILES string of the molecule is C=C(/C=C\C(=C/CCC)C(O)(C(CCC)CCC)C(F)(F)F)CCC. The van der Waals surface area contributed by atoms with Gasteiger partial charge in [-0.15, -0.1) is 0 Å². The molecule has 0 aromatic rings. The van der Waals surface area contributed by atoms with Crippen LogP contribution in [0.3, 0.4) is 0 Å². The van der Waals surface area contributed by atoms with Gasteiger partial charge in [-0.2, -0.15) is 13.2 Å². The van der Waals surface area contributed by atoms with Gasteiger partial charge in [0.15, 0.2) is 5.60 Å². The van der Waals surface area contributed by atoms with E-state index in [1.165, 1.54) is 6.08 Å².